The van der Waals surface area contributed by atoms with E-state index in [0.717, 1.165) is 5.69 Å². The van der Waals surface area contributed by atoms with Gasteiger partial charge in [-0.1, -0.05) is 13.8 Å². The Kier molecular flexibility index (Phi) is 3.90. The van der Waals surface area contributed by atoms with Crippen LogP contribution >= 0.6 is 12.2 Å². The van der Waals surface area contributed by atoms with Crippen LogP contribution in [0.1, 0.15) is 25.5 Å². The standard InChI is InChI=1S/C9H15N3O2S/c1-6(2)7-5-11-9(15)12(7)3-4-14-8(10)13/h5-6H,3-4H2,1-2H3,(H2,10,13)(H,11,15). The highest BCUT2D eigenvalue weighted by molar-refractivity contribution is 7.71. The van der Waals surface area contributed by atoms with Crippen molar-refractivity contribution >= 4 is 18.3 Å². The van der Waals surface area contributed by atoms with Gasteiger partial charge in [0.2, 0.25) is 0 Å². The Labute approximate surface area is 93.2 Å². The number of carbonyl (C=O) groups is 1. The number of nitrogens with zero attached hydrogens (tertiary/aromatic N) is 1. The molecule has 15 heavy (non-hydrogen) atoms. The fourth-order valence-corrected chi connectivity index (χ4v) is 1.61. The van der Waals surface area contributed by atoms with Crippen molar-refractivity contribution in [2.75, 3.05) is 6.61 Å². The van der Waals surface area contributed by atoms with Gasteiger partial charge in [-0.15, -0.1) is 0 Å². The highest BCUT2D eigenvalue weighted by Gasteiger charge is 2.07. The number of hydrogen-bond donors (Lipinski definition) is 2. The van der Waals surface area contributed by atoms with Gasteiger partial charge in [-0.2, -0.15) is 0 Å². The first-order chi connectivity index (χ1) is 7.02. The Hall–Kier alpha value is -1.30. The first-order valence-electron chi connectivity index (χ1n) is 4.72. The number of H-pyrrole nitrogens is 1. The van der Waals surface area contributed by atoms with Gasteiger partial charge in [0.1, 0.15) is 6.61 Å². The molecular formula is C9H15N3O2S. The first-order valence-corrected chi connectivity index (χ1v) is 5.13. The first kappa shape index (κ1) is 11.8. The molecule has 0 unspecified atom stereocenters. The van der Waals surface area contributed by atoms with Crippen molar-refractivity contribution in [1.29, 1.82) is 0 Å². The number of rotatable bonds is 4. The van der Waals surface area contributed by atoms with Crippen LogP contribution in [0, 0.1) is 4.77 Å². The molecule has 0 bridgehead atoms. The zero-order valence-electron chi connectivity index (χ0n) is 8.82. The van der Waals surface area contributed by atoms with Gasteiger partial charge in [0.05, 0.1) is 6.54 Å². The van der Waals surface area contributed by atoms with Crippen molar-refractivity contribution < 1.29 is 9.53 Å². The molecule has 0 fully saturated rings. The molecule has 0 saturated heterocycles. The fraction of sp³-hybridized carbons (Fsp3) is 0.556. The van der Waals surface area contributed by atoms with Gasteiger partial charge in [0.15, 0.2) is 4.77 Å². The van der Waals surface area contributed by atoms with E-state index in [1.54, 1.807) is 0 Å². The second-order valence-corrected chi connectivity index (χ2v) is 3.88. The third-order valence-corrected chi connectivity index (χ3v) is 2.39. The summed E-state index contributed by atoms with van der Waals surface area (Å²) < 4.78 is 7.20. The number of imidazole rings is 1. The van der Waals surface area contributed by atoms with Crippen LogP contribution < -0.4 is 5.73 Å². The summed E-state index contributed by atoms with van der Waals surface area (Å²) in [5.74, 6) is 0.367. The lowest BCUT2D eigenvalue weighted by atomic mass is 10.1. The average Bonchev–Trinajstić information content (AvgIpc) is 2.47. The van der Waals surface area contributed by atoms with E-state index in [2.05, 4.69) is 23.6 Å². The second kappa shape index (κ2) is 4.97. The number of nitrogens with two attached hydrogens (primary N) is 1. The van der Waals surface area contributed by atoms with E-state index in [4.69, 9.17) is 18.0 Å². The molecule has 0 spiro atoms. The number of carbonyl (C=O) groups excluding carboxylic acids is 1. The fourth-order valence-electron chi connectivity index (χ4n) is 1.36. The molecule has 84 valence electrons. The van der Waals surface area contributed by atoms with Crippen LogP contribution in [0.4, 0.5) is 4.79 Å². The summed E-state index contributed by atoms with van der Waals surface area (Å²) in [7, 11) is 0. The molecule has 0 saturated carbocycles. The molecular weight excluding hydrogens is 214 g/mol. The van der Waals surface area contributed by atoms with E-state index in [9.17, 15) is 4.79 Å². The molecule has 1 aromatic rings. The van der Waals surface area contributed by atoms with E-state index in [1.165, 1.54) is 0 Å². The molecule has 0 aromatic carbocycles. The van der Waals surface area contributed by atoms with Crippen molar-refractivity contribution in [1.82, 2.24) is 9.55 Å². The molecule has 0 aliphatic heterocycles. The van der Waals surface area contributed by atoms with Gasteiger partial charge < -0.3 is 20.0 Å². The van der Waals surface area contributed by atoms with Crippen LogP contribution in [0.2, 0.25) is 0 Å². The summed E-state index contributed by atoms with van der Waals surface area (Å²) >= 11 is 5.11. The van der Waals surface area contributed by atoms with Crippen molar-refractivity contribution in [2.24, 2.45) is 5.73 Å². The maximum atomic E-state index is 10.4. The van der Waals surface area contributed by atoms with Gasteiger partial charge in [0.25, 0.3) is 0 Å². The maximum absolute atomic E-state index is 10.4. The number of ether oxygens (including phenoxy) is 1. The number of hydrogen-bond acceptors (Lipinski definition) is 3. The zero-order valence-corrected chi connectivity index (χ0v) is 9.63. The van der Waals surface area contributed by atoms with E-state index in [0.29, 0.717) is 17.2 Å². The topological polar surface area (TPSA) is 73.0 Å². The molecule has 0 atom stereocenters. The summed E-state index contributed by atoms with van der Waals surface area (Å²) in [5, 5.41) is 0. The summed E-state index contributed by atoms with van der Waals surface area (Å²) in [5.41, 5.74) is 5.95. The molecule has 5 nitrogen and oxygen atoms in total. The number of primary amides is 1. The van der Waals surface area contributed by atoms with Crippen molar-refractivity contribution in [3.05, 3.63) is 16.7 Å². The van der Waals surface area contributed by atoms with Gasteiger partial charge in [-0.05, 0) is 18.1 Å². The minimum absolute atomic E-state index is 0.237. The molecule has 1 rings (SSSR count). The number of amides is 1. The Morgan fingerprint density at radius 3 is 2.93 bits per heavy atom. The average molecular weight is 229 g/mol. The highest BCUT2D eigenvalue weighted by Crippen LogP contribution is 2.14. The van der Waals surface area contributed by atoms with Crippen LogP contribution in [0.3, 0.4) is 0 Å². The third kappa shape index (κ3) is 3.09. The Balaban J connectivity index is 2.71. The smallest absolute Gasteiger partial charge is 0.404 e. The predicted molar refractivity (Wildman–Crippen MR) is 59.2 cm³/mol. The van der Waals surface area contributed by atoms with Crippen LogP contribution in [-0.2, 0) is 11.3 Å². The van der Waals surface area contributed by atoms with Gasteiger partial charge in [-0.25, -0.2) is 4.79 Å². The lowest BCUT2D eigenvalue weighted by Gasteiger charge is -2.10. The van der Waals surface area contributed by atoms with Crippen molar-refractivity contribution in [3.8, 4) is 0 Å². The Morgan fingerprint density at radius 1 is 1.73 bits per heavy atom. The van der Waals surface area contributed by atoms with Gasteiger partial charge in [-0.3, -0.25) is 0 Å². The lowest BCUT2D eigenvalue weighted by Crippen LogP contribution is -2.17. The van der Waals surface area contributed by atoms with Crippen LogP contribution in [0.5, 0.6) is 0 Å². The second-order valence-electron chi connectivity index (χ2n) is 3.49. The molecule has 0 aliphatic rings. The zero-order chi connectivity index (χ0) is 11.4. The van der Waals surface area contributed by atoms with E-state index in [1.807, 2.05) is 10.8 Å². The maximum Gasteiger partial charge on any atom is 0.404 e. The third-order valence-electron chi connectivity index (χ3n) is 2.05. The van der Waals surface area contributed by atoms with E-state index < -0.39 is 6.09 Å². The largest absolute Gasteiger partial charge is 0.448 e. The summed E-state index contributed by atoms with van der Waals surface area (Å²) in [6, 6.07) is 0. The van der Waals surface area contributed by atoms with Crippen LogP contribution in [-0.4, -0.2) is 22.3 Å². The van der Waals surface area contributed by atoms with Gasteiger partial charge >= 0.3 is 6.09 Å². The molecule has 0 radical (unpaired) electrons. The molecule has 6 heteroatoms. The van der Waals surface area contributed by atoms with E-state index >= 15 is 0 Å². The quantitative estimate of drug-likeness (QED) is 0.773. The van der Waals surface area contributed by atoms with Crippen molar-refractivity contribution in [3.63, 3.8) is 0 Å². The van der Waals surface area contributed by atoms with Gasteiger partial charge in [0, 0.05) is 11.9 Å². The minimum Gasteiger partial charge on any atom is -0.448 e. The summed E-state index contributed by atoms with van der Waals surface area (Å²) in [4.78, 5) is 13.4. The molecule has 1 heterocycles. The van der Waals surface area contributed by atoms with Crippen molar-refractivity contribution in [2.45, 2.75) is 26.3 Å². The van der Waals surface area contributed by atoms with Crippen LogP contribution in [0.25, 0.3) is 0 Å². The number of aromatic nitrogens is 2. The van der Waals surface area contributed by atoms with E-state index in [-0.39, 0.29) is 6.61 Å². The molecule has 1 aromatic heterocycles. The predicted octanol–water partition coefficient (Wildman–Crippen LogP) is 1.76. The normalized spacial score (nSPS) is 10.6. The highest BCUT2D eigenvalue weighted by atomic mass is 32.1. The molecule has 0 aliphatic carbocycles. The number of nitrogens with one attached hydrogen (secondary N) is 1. The number of aromatic amines is 1. The summed E-state index contributed by atoms with van der Waals surface area (Å²) in [6.45, 7) is 4.91. The monoisotopic (exact) mass is 229 g/mol. The lowest BCUT2D eigenvalue weighted by molar-refractivity contribution is 0.152. The minimum atomic E-state index is -0.761. The molecule has 3 N–H and O–H groups in total. The Morgan fingerprint density at radius 2 is 2.40 bits per heavy atom. The molecule has 1 amide bonds. The summed E-state index contributed by atoms with van der Waals surface area (Å²) in [6.07, 6.45) is 1.11. The van der Waals surface area contributed by atoms with Crippen LogP contribution in [0.15, 0.2) is 6.20 Å². The Bertz CT molecular complexity index is 394. The SMILES string of the molecule is CC(C)c1c[nH]c(=S)n1CCOC(N)=O.